The molecule has 0 amide bonds. The fourth-order valence-electron chi connectivity index (χ4n) is 2.15. The van der Waals surface area contributed by atoms with Gasteiger partial charge in [-0.2, -0.15) is 0 Å². The van der Waals surface area contributed by atoms with Crippen LogP contribution >= 0.6 is 0 Å². The highest BCUT2D eigenvalue weighted by Gasteiger charge is 2.22. The summed E-state index contributed by atoms with van der Waals surface area (Å²) in [5.41, 5.74) is 5.13. The third kappa shape index (κ3) is 3.06. The normalized spacial score (nSPS) is 12.2. The predicted octanol–water partition coefficient (Wildman–Crippen LogP) is 4.77. The van der Waals surface area contributed by atoms with E-state index in [-0.39, 0.29) is 0 Å². The molecule has 19 heavy (non-hydrogen) atoms. The number of fused-ring (bicyclic) bond motifs is 3. The van der Waals surface area contributed by atoms with Gasteiger partial charge in [0.25, 0.3) is 0 Å². The van der Waals surface area contributed by atoms with Crippen molar-refractivity contribution in [2.75, 3.05) is 0 Å². The van der Waals surface area contributed by atoms with E-state index < -0.39 is 0 Å². The number of hydrogen-bond acceptors (Lipinski definition) is 1. The Morgan fingerprint density at radius 3 is 2.32 bits per heavy atom. The molecule has 0 atom stereocenters. The van der Waals surface area contributed by atoms with Crippen molar-refractivity contribution in [3.8, 4) is 11.3 Å². The summed E-state index contributed by atoms with van der Waals surface area (Å²) in [5, 5.41) is 0. The predicted molar refractivity (Wildman–Crippen MR) is 81.4 cm³/mol. The summed E-state index contributed by atoms with van der Waals surface area (Å²) in [4.78, 5) is 8.10. The third-order valence-electron chi connectivity index (χ3n) is 2.98. The zero-order chi connectivity index (χ0) is 14.0. The number of nitrogens with zero attached hydrogens (tertiary/aromatic N) is 1. The number of hydrogen-bond donors (Lipinski definition) is 1. The first-order chi connectivity index (χ1) is 8.99. The van der Waals surface area contributed by atoms with E-state index in [2.05, 4.69) is 68.9 Å². The lowest BCUT2D eigenvalue weighted by Gasteiger charge is -2.00. The lowest BCUT2D eigenvalue weighted by Crippen LogP contribution is -1.92. The van der Waals surface area contributed by atoms with Gasteiger partial charge < -0.3 is 4.98 Å². The first-order valence-corrected chi connectivity index (χ1v) is 7.16. The van der Waals surface area contributed by atoms with Crippen molar-refractivity contribution in [1.82, 2.24) is 9.97 Å². The summed E-state index contributed by atoms with van der Waals surface area (Å²) in [6.45, 7) is 10.8. The molecule has 0 aliphatic heterocycles. The fourth-order valence-corrected chi connectivity index (χ4v) is 2.15. The molecule has 1 aromatic carbocycles. The first kappa shape index (κ1) is 13.9. The van der Waals surface area contributed by atoms with Gasteiger partial charge in [-0.15, -0.1) is 0 Å². The Hall–Kier alpha value is -1.57. The maximum absolute atomic E-state index is 4.68. The van der Waals surface area contributed by atoms with Crippen molar-refractivity contribution >= 4 is 0 Å². The van der Waals surface area contributed by atoms with Crippen molar-refractivity contribution in [1.29, 1.82) is 0 Å². The van der Waals surface area contributed by atoms with Gasteiger partial charge in [-0.3, -0.25) is 0 Å². The van der Waals surface area contributed by atoms with Gasteiger partial charge in [0.05, 0.1) is 5.69 Å². The van der Waals surface area contributed by atoms with Crippen LogP contribution in [-0.2, 0) is 6.42 Å². The Balaban J connectivity index is 0.000000297. The molecule has 1 aromatic heterocycles. The molecule has 102 valence electrons. The molecule has 0 spiro atoms. The van der Waals surface area contributed by atoms with E-state index in [0.29, 0.717) is 5.92 Å². The Labute approximate surface area is 116 Å². The van der Waals surface area contributed by atoms with E-state index in [0.717, 1.165) is 23.9 Å². The number of imidazole rings is 1. The minimum Gasteiger partial charge on any atom is -0.345 e. The van der Waals surface area contributed by atoms with Crippen LogP contribution in [0, 0.1) is 5.92 Å². The Kier molecular flexibility index (Phi) is 4.08. The van der Waals surface area contributed by atoms with Gasteiger partial charge >= 0.3 is 0 Å². The molecule has 2 nitrogen and oxygen atoms in total. The Morgan fingerprint density at radius 1 is 1.05 bits per heavy atom. The summed E-state index contributed by atoms with van der Waals surface area (Å²) >= 11 is 0. The molecule has 2 aromatic rings. The van der Waals surface area contributed by atoms with Crippen molar-refractivity contribution in [3.05, 3.63) is 41.3 Å². The Bertz CT molecular complexity index is 547. The molecule has 1 heterocycles. The van der Waals surface area contributed by atoms with Gasteiger partial charge in [0.1, 0.15) is 5.82 Å². The van der Waals surface area contributed by atoms with Crippen LogP contribution in [0.2, 0.25) is 0 Å². The zero-order valence-corrected chi connectivity index (χ0v) is 12.6. The van der Waals surface area contributed by atoms with Crippen LogP contribution in [0.3, 0.4) is 0 Å². The molecule has 0 bridgehead atoms. The lowest BCUT2D eigenvalue weighted by atomic mass is 10.1. The minimum atomic E-state index is 0.475. The number of rotatable bonds is 1. The molecule has 0 fully saturated rings. The van der Waals surface area contributed by atoms with Crippen LogP contribution in [0.5, 0.6) is 0 Å². The molecule has 0 radical (unpaired) electrons. The second kappa shape index (κ2) is 5.60. The van der Waals surface area contributed by atoms with E-state index in [4.69, 9.17) is 0 Å². The molecular weight excluding hydrogens is 232 g/mol. The highest BCUT2D eigenvalue weighted by Crippen LogP contribution is 2.35. The summed E-state index contributed by atoms with van der Waals surface area (Å²) in [6, 6.07) is 8.51. The summed E-state index contributed by atoms with van der Waals surface area (Å²) in [6.07, 6.45) is 1.01. The highest BCUT2D eigenvalue weighted by molar-refractivity contribution is 5.72. The van der Waals surface area contributed by atoms with Crippen molar-refractivity contribution in [2.45, 2.75) is 47.0 Å². The molecule has 1 aliphatic carbocycles. The highest BCUT2D eigenvalue weighted by atomic mass is 14.9. The van der Waals surface area contributed by atoms with Crippen LogP contribution in [0.1, 0.15) is 57.6 Å². The van der Waals surface area contributed by atoms with Crippen molar-refractivity contribution < 1.29 is 0 Å². The number of H-pyrrole nitrogens is 1. The number of nitrogens with one attached hydrogen (secondary N) is 1. The fraction of sp³-hybridized carbons (Fsp3) is 0.471. The third-order valence-corrected chi connectivity index (χ3v) is 2.98. The van der Waals surface area contributed by atoms with Gasteiger partial charge in [0.2, 0.25) is 0 Å². The average Bonchev–Trinajstić information content (AvgIpc) is 2.84. The standard InChI is InChI=1S/C13H14N2.C4H10/c1-8(2)13-14-11-7-9-5-3-4-6-10(9)12(11)15-13;1-4(2)3/h3-6,8H,7H2,1-2H3,(H,14,15);4H,1-3H3. The quantitative estimate of drug-likeness (QED) is 0.667. The second-order valence-electron chi connectivity index (χ2n) is 6.17. The molecule has 0 saturated heterocycles. The number of benzene rings is 1. The smallest absolute Gasteiger partial charge is 0.109 e. The van der Waals surface area contributed by atoms with E-state index in [1.54, 1.807) is 0 Å². The van der Waals surface area contributed by atoms with Crippen LogP contribution in [0.4, 0.5) is 0 Å². The van der Waals surface area contributed by atoms with Crippen LogP contribution < -0.4 is 0 Å². The van der Waals surface area contributed by atoms with Gasteiger partial charge in [-0.05, 0) is 11.5 Å². The Morgan fingerprint density at radius 2 is 1.68 bits per heavy atom. The number of aromatic nitrogens is 2. The van der Waals surface area contributed by atoms with E-state index >= 15 is 0 Å². The first-order valence-electron chi connectivity index (χ1n) is 7.16. The maximum Gasteiger partial charge on any atom is 0.109 e. The SMILES string of the molecule is CC(C)C.CC(C)c1nc2c([nH]1)Cc1ccccc1-2. The van der Waals surface area contributed by atoms with Gasteiger partial charge in [0, 0.05) is 23.6 Å². The minimum absolute atomic E-state index is 0.475. The molecule has 1 N–H and O–H groups in total. The molecule has 3 rings (SSSR count). The molecule has 0 saturated carbocycles. The van der Waals surface area contributed by atoms with E-state index in [1.807, 2.05) is 0 Å². The van der Waals surface area contributed by atoms with Gasteiger partial charge in [-0.1, -0.05) is 58.9 Å². The van der Waals surface area contributed by atoms with Crippen LogP contribution in [0.25, 0.3) is 11.3 Å². The average molecular weight is 256 g/mol. The molecule has 1 aliphatic rings. The van der Waals surface area contributed by atoms with E-state index in [1.165, 1.54) is 16.8 Å². The monoisotopic (exact) mass is 256 g/mol. The van der Waals surface area contributed by atoms with Crippen LogP contribution in [-0.4, -0.2) is 9.97 Å². The van der Waals surface area contributed by atoms with Gasteiger partial charge in [0.15, 0.2) is 0 Å². The number of aromatic amines is 1. The topological polar surface area (TPSA) is 28.7 Å². The largest absolute Gasteiger partial charge is 0.345 e. The van der Waals surface area contributed by atoms with Crippen molar-refractivity contribution in [2.24, 2.45) is 5.92 Å². The maximum atomic E-state index is 4.68. The summed E-state index contributed by atoms with van der Waals surface area (Å²) < 4.78 is 0. The zero-order valence-electron chi connectivity index (χ0n) is 12.6. The lowest BCUT2D eigenvalue weighted by molar-refractivity contribution is 0.737. The summed E-state index contributed by atoms with van der Waals surface area (Å²) in [7, 11) is 0. The van der Waals surface area contributed by atoms with Crippen LogP contribution in [0.15, 0.2) is 24.3 Å². The summed E-state index contributed by atoms with van der Waals surface area (Å²) in [5.74, 6) is 2.41. The van der Waals surface area contributed by atoms with E-state index in [9.17, 15) is 0 Å². The molecular formula is C17H24N2. The molecule has 0 unspecified atom stereocenters. The van der Waals surface area contributed by atoms with Crippen molar-refractivity contribution in [3.63, 3.8) is 0 Å². The molecule has 2 heteroatoms. The second-order valence-corrected chi connectivity index (χ2v) is 6.17. The van der Waals surface area contributed by atoms with Gasteiger partial charge in [-0.25, -0.2) is 4.98 Å².